The van der Waals surface area contributed by atoms with E-state index < -0.39 is 0 Å². The van der Waals surface area contributed by atoms with Gasteiger partial charge < -0.3 is 10.1 Å². The summed E-state index contributed by atoms with van der Waals surface area (Å²) >= 11 is 4.93. The molecule has 1 saturated heterocycles. The molecule has 1 aliphatic heterocycles. The van der Waals surface area contributed by atoms with E-state index in [2.05, 4.69) is 10.1 Å². The molecule has 1 N–H and O–H groups in total. The summed E-state index contributed by atoms with van der Waals surface area (Å²) in [4.78, 5) is 11.8. The minimum atomic E-state index is -0.145. The molecule has 0 aromatic carbocycles. The second-order valence-electron chi connectivity index (χ2n) is 2.56. The number of carbonyl (C=O) groups excluding carboxylic acids is 1. The zero-order valence-corrected chi connectivity index (χ0v) is 7.24. The van der Waals surface area contributed by atoms with Gasteiger partial charge in [-0.05, 0) is 6.42 Å². The number of carbonyl (C=O) groups is 1. The molecule has 0 spiro atoms. The van der Waals surface area contributed by atoms with Crippen molar-refractivity contribution in [2.75, 3.05) is 13.7 Å². The molecule has 3 nitrogen and oxygen atoms in total. The van der Waals surface area contributed by atoms with E-state index >= 15 is 0 Å². The highest BCUT2D eigenvalue weighted by molar-refractivity contribution is 7.80. The first-order valence-corrected chi connectivity index (χ1v) is 3.99. The number of hydrogen-bond donors (Lipinski definition) is 1. The quantitative estimate of drug-likeness (QED) is 0.462. The number of hydrogen-bond acceptors (Lipinski definition) is 3. The van der Waals surface area contributed by atoms with Crippen LogP contribution in [0.2, 0.25) is 0 Å². The molecule has 0 saturated carbocycles. The topological polar surface area (TPSA) is 38.3 Å². The highest BCUT2D eigenvalue weighted by Crippen LogP contribution is 2.14. The van der Waals surface area contributed by atoms with Crippen LogP contribution in [0, 0.1) is 5.92 Å². The summed E-state index contributed by atoms with van der Waals surface area (Å²) in [6.45, 7) is 0.790. The molecular formula is C7H11NO2S. The van der Waals surface area contributed by atoms with Crippen LogP contribution in [0.3, 0.4) is 0 Å². The van der Waals surface area contributed by atoms with E-state index in [0.717, 1.165) is 18.0 Å². The van der Waals surface area contributed by atoms with Gasteiger partial charge in [0, 0.05) is 13.0 Å². The van der Waals surface area contributed by atoms with Crippen molar-refractivity contribution >= 4 is 23.2 Å². The molecule has 0 unspecified atom stereocenters. The molecule has 0 amide bonds. The maximum absolute atomic E-state index is 11.0. The fourth-order valence-corrected chi connectivity index (χ4v) is 1.45. The molecule has 1 heterocycles. The molecule has 1 fully saturated rings. The SMILES string of the molecule is COC(=O)[C@@H]1CCNC(=S)C1. The number of methoxy groups -OCH3 is 1. The molecule has 4 heteroatoms. The third-order valence-electron chi connectivity index (χ3n) is 1.78. The van der Waals surface area contributed by atoms with Gasteiger partial charge in [-0.3, -0.25) is 4.79 Å². The van der Waals surface area contributed by atoms with E-state index in [4.69, 9.17) is 12.2 Å². The van der Waals surface area contributed by atoms with Gasteiger partial charge in [0.1, 0.15) is 0 Å². The highest BCUT2D eigenvalue weighted by atomic mass is 32.1. The molecule has 0 aromatic rings. The minimum absolute atomic E-state index is 0.0197. The Bertz CT molecular complexity index is 181. The predicted molar refractivity (Wildman–Crippen MR) is 45.3 cm³/mol. The summed E-state index contributed by atoms with van der Waals surface area (Å²) in [7, 11) is 1.41. The summed E-state index contributed by atoms with van der Waals surface area (Å²) < 4.78 is 4.61. The zero-order chi connectivity index (χ0) is 8.27. The molecule has 0 aromatic heterocycles. The minimum Gasteiger partial charge on any atom is -0.469 e. The summed E-state index contributed by atoms with van der Waals surface area (Å²) in [5, 5.41) is 3.01. The lowest BCUT2D eigenvalue weighted by atomic mass is 9.98. The molecule has 62 valence electrons. The van der Waals surface area contributed by atoms with Crippen molar-refractivity contribution in [1.82, 2.24) is 5.32 Å². The fraction of sp³-hybridized carbons (Fsp3) is 0.714. The smallest absolute Gasteiger partial charge is 0.309 e. The van der Waals surface area contributed by atoms with E-state index in [1.54, 1.807) is 0 Å². The second-order valence-corrected chi connectivity index (χ2v) is 3.06. The van der Waals surface area contributed by atoms with Gasteiger partial charge in [-0.2, -0.15) is 0 Å². The maximum atomic E-state index is 11.0. The monoisotopic (exact) mass is 173 g/mol. The van der Waals surface area contributed by atoms with Gasteiger partial charge in [0.15, 0.2) is 0 Å². The lowest BCUT2D eigenvalue weighted by molar-refractivity contribution is -0.145. The maximum Gasteiger partial charge on any atom is 0.309 e. The van der Waals surface area contributed by atoms with Crippen LogP contribution in [0.15, 0.2) is 0 Å². The molecule has 0 aliphatic carbocycles. The summed E-state index contributed by atoms with van der Waals surface area (Å²) in [6, 6.07) is 0. The Morgan fingerprint density at radius 2 is 2.55 bits per heavy atom. The predicted octanol–water partition coefficient (Wildman–Crippen LogP) is 0.486. The molecular weight excluding hydrogens is 162 g/mol. The first-order valence-electron chi connectivity index (χ1n) is 3.58. The Hall–Kier alpha value is -0.640. The standard InChI is InChI=1S/C7H11NO2S/c1-10-7(9)5-2-3-8-6(11)4-5/h5H,2-4H2,1H3,(H,8,11)/t5-/m1/s1. The Morgan fingerprint density at radius 3 is 3.09 bits per heavy atom. The van der Waals surface area contributed by atoms with Gasteiger partial charge in [-0.25, -0.2) is 0 Å². The van der Waals surface area contributed by atoms with Gasteiger partial charge in [-0.15, -0.1) is 0 Å². The van der Waals surface area contributed by atoms with Crippen molar-refractivity contribution in [3.8, 4) is 0 Å². The molecule has 0 radical (unpaired) electrons. The van der Waals surface area contributed by atoms with Crippen molar-refractivity contribution in [3.63, 3.8) is 0 Å². The van der Waals surface area contributed by atoms with Gasteiger partial charge in [0.05, 0.1) is 18.0 Å². The molecule has 1 atom stereocenters. The van der Waals surface area contributed by atoms with E-state index in [9.17, 15) is 4.79 Å². The average molecular weight is 173 g/mol. The van der Waals surface area contributed by atoms with Crippen molar-refractivity contribution in [2.45, 2.75) is 12.8 Å². The van der Waals surface area contributed by atoms with Gasteiger partial charge in [-0.1, -0.05) is 12.2 Å². The first-order chi connectivity index (χ1) is 5.24. The van der Waals surface area contributed by atoms with Crippen LogP contribution < -0.4 is 5.32 Å². The van der Waals surface area contributed by atoms with Crippen LogP contribution in [-0.4, -0.2) is 24.6 Å². The summed E-state index contributed by atoms with van der Waals surface area (Å²) in [6.07, 6.45) is 1.47. The van der Waals surface area contributed by atoms with E-state index in [1.165, 1.54) is 7.11 Å². The summed E-state index contributed by atoms with van der Waals surface area (Å²) in [5.41, 5.74) is 0. The van der Waals surface area contributed by atoms with Crippen molar-refractivity contribution in [1.29, 1.82) is 0 Å². The summed E-state index contributed by atoms with van der Waals surface area (Å²) in [5.74, 6) is -0.164. The van der Waals surface area contributed by atoms with Gasteiger partial charge in [0.25, 0.3) is 0 Å². The molecule has 1 rings (SSSR count). The lowest BCUT2D eigenvalue weighted by Gasteiger charge is -2.21. The van der Waals surface area contributed by atoms with Crippen LogP contribution in [-0.2, 0) is 9.53 Å². The number of ether oxygens (including phenoxy) is 1. The number of piperidine rings is 1. The number of thiocarbonyl (C=S) groups is 1. The Balaban J connectivity index is 2.45. The van der Waals surface area contributed by atoms with Crippen LogP contribution in [0.25, 0.3) is 0 Å². The highest BCUT2D eigenvalue weighted by Gasteiger charge is 2.23. The largest absolute Gasteiger partial charge is 0.469 e. The van der Waals surface area contributed by atoms with Crippen molar-refractivity contribution in [3.05, 3.63) is 0 Å². The van der Waals surface area contributed by atoms with Crippen LogP contribution >= 0.6 is 12.2 Å². The Kier molecular flexibility index (Phi) is 2.82. The van der Waals surface area contributed by atoms with Crippen LogP contribution in [0.4, 0.5) is 0 Å². The van der Waals surface area contributed by atoms with Crippen molar-refractivity contribution in [2.24, 2.45) is 5.92 Å². The van der Waals surface area contributed by atoms with E-state index in [0.29, 0.717) is 6.42 Å². The second kappa shape index (κ2) is 3.67. The van der Waals surface area contributed by atoms with Gasteiger partial charge in [0.2, 0.25) is 0 Å². The zero-order valence-electron chi connectivity index (χ0n) is 6.42. The number of nitrogens with one attached hydrogen (secondary N) is 1. The van der Waals surface area contributed by atoms with E-state index in [-0.39, 0.29) is 11.9 Å². The van der Waals surface area contributed by atoms with Gasteiger partial charge >= 0.3 is 5.97 Å². The Labute approximate surface area is 71.1 Å². The fourth-order valence-electron chi connectivity index (χ4n) is 1.15. The first kappa shape index (κ1) is 8.46. The third-order valence-corrected chi connectivity index (χ3v) is 2.09. The van der Waals surface area contributed by atoms with Crippen LogP contribution in [0.1, 0.15) is 12.8 Å². The Morgan fingerprint density at radius 1 is 1.82 bits per heavy atom. The molecule has 11 heavy (non-hydrogen) atoms. The third kappa shape index (κ3) is 2.15. The average Bonchev–Trinajstić information content (AvgIpc) is 2.03. The van der Waals surface area contributed by atoms with Crippen LogP contribution in [0.5, 0.6) is 0 Å². The number of rotatable bonds is 1. The number of esters is 1. The molecule has 1 aliphatic rings. The van der Waals surface area contributed by atoms with E-state index in [1.807, 2.05) is 0 Å². The van der Waals surface area contributed by atoms with Crippen molar-refractivity contribution < 1.29 is 9.53 Å². The lowest BCUT2D eigenvalue weighted by Crippen LogP contribution is -2.35. The normalized spacial score (nSPS) is 24.1. The molecule has 0 bridgehead atoms.